The minimum Gasteiger partial charge on any atom is -0.393 e. The highest BCUT2D eigenvalue weighted by molar-refractivity contribution is 7.07. The number of urea groups is 1. The van der Waals surface area contributed by atoms with Crippen molar-refractivity contribution in [2.75, 3.05) is 26.3 Å². The van der Waals surface area contributed by atoms with Crippen LogP contribution in [0.1, 0.15) is 31.7 Å². The van der Waals surface area contributed by atoms with Gasteiger partial charge in [0.1, 0.15) is 0 Å². The molecule has 0 saturated carbocycles. The number of carbonyl (C=O) groups excluding carboxylic acids is 1. The smallest absolute Gasteiger partial charge is 0.317 e. The molecule has 2 heterocycles. The lowest BCUT2D eigenvalue weighted by Crippen LogP contribution is -2.53. The predicted octanol–water partition coefficient (Wildman–Crippen LogP) is 2.03. The second-order valence-corrected chi connectivity index (χ2v) is 6.43. The van der Waals surface area contributed by atoms with Gasteiger partial charge in [-0.1, -0.05) is 6.92 Å². The van der Waals surface area contributed by atoms with Gasteiger partial charge in [0.15, 0.2) is 0 Å². The van der Waals surface area contributed by atoms with Gasteiger partial charge in [-0.3, -0.25) is 0 Å². The van der Waals surface area contributed by atoms with Gasteiger partial charge in [-0.25, -0.2) is 4.79 Å². The van der Waals surface area contributed by atoms with Crippen LogP contribution in [0, 0.1) is 0 Å². The summed E-state index contributed by atoms with van der Waals surface area (Å²) in [5, 5.41) is 16.7. The number of nitrogens with one attached hydrogen (secondary N) is 1. The highest BCUT2D eigenvalue weighted by Gasteiger charge is 2.28. The second-order valence-electron chi connectivity index (χ2n) is 5.65. The van der Waals surface area contributed by atoms with Gasteiger partial charge in [-0.05, 0) is 41.7 Å². The van der Waals surface area contributed by atoms with Crippen LogP contribution in [-0.4, -0.2) is 54.5 Å². The van der Waals surface area contributed by atoms with Gasteiger partial charge in [0.2, 0.25) is 0 Å². The highest BCUT2D eigenvalue weighted by atomic mass is 32.1. The number of morpholine rings is 1. The molecule has 5 nitrogen and oxygen atoms in total. The van der Waals surface area contributed by atoms with Gasteiger partial charge in [-0.15, -0.1) is 0 Å². The Bertz CT molecular complexity index is 436. The zero-order valence-electron chi connectivity index (χ0n) is 12.6. The van der Waals surface area contributed by atoms with E-state index in [9.17, 15) is 9.90 Å². The van der Waals surface area contributed by atoms with Crippen LogP contribution in [-0.2, 0) is 4.74 Å². The van der Waals surface area contributed by atoms with Crippen LogP contribution in [0.3, 0.4) is 0 Å². The molecule has 2 rings (SSSR count). The third-order valence-corrected chi connectivity index (χ3v) is 4.47. The fourth-order valence-corrected chi connectivity index (χ4v) is 3.31. The maximum absolute atomic E-state index is 12.3. The Balaban J connectivity index is 1.85. The van der Waals surface area contributed by atoms with Crippen LogP contribution in [0.4, 0.5) is 4.79 Å². The lowest BCUT2D eigenvalue weighted by atomic mass is 10.1. The van der Waals surface area contributed by atoms with E-state index in [0.717, 1.165) is 0 Å². The molecule has 1 aliphatic heterocycles. The van der Waals surface area contributed by atoms with Crippen LogP contribution < -0.4 is 5.32 Å². The second kappa shape index (κ2) is 7.77. The van der Waals surface area contributed by atoms with Crippen molar-refractivity contribution >= 4 is 17.4 Å². The summed E-state index contributed by atoms with van der Waals surface area (Å²) in [4.78, 5) is 14.1. The summed E-state index contributed by atoms with van der Waals surface area (Å²) in [6, 6.07) is 1.98. The molecule has 0 unspecified atom stereocenters. The van der Waals surface area contributed by atoms with E-state index in [1.165, 1.54) is 5.56 Å². The van der Waals surface area contributed by atoms with E-state index < -0.39 is 6.10 Å². The van der Waals surface area contributed by atoms with Crippen molar-refractivity contribution in [1.29, 1.82) is 0 Å². The molecule has 1 fully saturated rings. The average Bonchev–Trinajstić information content (AvgIpc) is 2.98. The van der Waals surface area contributed by atoms with Crippen LogP contribution in [0.25, 0.3) is 0 Å². The van der Waals surface area contributed by atoms with E-state index in [-0.39, 0.29) is 12.1 Å². The van der Waals surface area contributed by atoms with Crippen LogP contribution in [0.5, 0.6) is 0 Å². The van der Waals surface area contributed by atoms with E-state index in [2.05, 4.69) is 23.7 Å². The molecule has 1 aliphatic rings. The maximum atomic E-state index is 12.3. The molecule has 0 spiro atoms. The van der Waals surface area contributed by atoms with Crippen molar-refractivity contribution in [3.05, 3.63) is 22.4 Å². The van der Waals surface area contributed by atoms with Crippen molar-refractivity contribution in [2.24, 2.45) is 0 Å². The molecule has 3 atom stereocenters. The first kappa shape index (κ1) is 16.3. The average molecular weight is 312 g/mol. The number of carbonyl (C=O) groups is 1. The Morgan fingerprint density at radius 3 is 3.10 bits per heavy atom. The largest absolute Gasteiger partial charge is 0.393 e. The number of nitrogens with zero attached hydrogens (tertiary/aromatic N) is 1. The summed E-state index contributed by atoms with van der Waals surface area (Å²) in [6.07, 6.45) is 0.116. The molecule has 21 heavy (non-hydrogen) atoms. The highest BCUT2D eigenvalue weighted by Crippen LogP contribution is 2.18. The molecule has 6 heteroatoms. The topological polar surface area (TPSA) is 61.8 Å². The Morgan fingerprint density at radius 2 is 2.43 bits per heavy atom. The first-order valence-electron chi connectivity index (χ1n) is 7.40. The van der Waals surface area contributed by atoms with Crippen molar-refractivity contribution in [3.8, 4) is 0 Å². The zero-order chi connectivity index (χ0) is 15.2. The summed E-state index contributed by atoms with van der Waals surface area (Å²) in [6.45, 7) is 6.10. The fourth-order valence-electron chi connectivity index (χ4n) is 2.53. The van der Waals surface area contributed by atoms with Crippen molar-refractivity contribution in [2.45, 2.75) is 38.3 Å². The van der Waals surface area contributed by atoms with Gasteiger partial charge in [0.25, 0.3) is 0 Å². The molecule has 2 amide bonds. The maximum Gasteiger partial charge on any atom is 0.317 e. The number of ether oxygens (including phenoxy) is 1. The van der Waals surface area contributed by atoms with Gasteiger partial charge >= 0.3 is 6.03 Å². The quantitative estimate of drug-likeness (QED) is 0.874. The number of hydrogen-bond acceptors (Lipinski definition) is 4. The fraction of sp³-hybridized carbons (Fsp3) is 0.667. The van der Waals surface area contributed by atoms with E-state index in [1.807, 2.05) is 5.38 Å². The molecule has 0 aromatic carbocycles. The molecular formula is C15H24N2O3S. The third-order valence-electron chi connectivity index (χ3n) is 3.77. The minimum atomic E-state index is -0.434. The third kappa shape index (κ3) is 4.69. The van der Waals surface area contributed by atoms with Gasteiger partial charge in [-0.2, -0.15) is 11.3 Å². The van der Waals surface area contributed by atoms with Crippen LogP contribution in [0.15, 0.2) is 16.8 Å². The zero-order valence-corrected chi connectivity index (χ0v) is 13.4. The molecule has 0 aliphatic carbocycles. The Kier molecular flexibility index (Phi) is 6.02. The number of hydrogen-bond donors (Lipinski definition) is 2. The summed E-state index contributed by atoms with van der Waals surface area (Å²) in [5.41, 5.74) is 1.25. The van der Waals surface area contributed by atoms with E-state index >= 15 is 0 Å². The standard InChI is InChI=1S/C15H24N2O3S/c1-11(13-3-6-21-10-13)8-16-15(19)17-4-5-20-9-14(17)7-12(2)18/h3,6,10-12,14,18H,4-5,7-9H2,1-2H3,(H,16,19)/t11-,12-,14+/m0/s1. The molecule has 118 valence electrons. The van der Waals surface area contributed by atoms with E-state index in [1.54, 1.807) is 23.2 Å². The van der Waals surface area contributed by atoms with Crippen LogP contribution in [0.2, 0.25) is 0 Å². The summed E-state index contributed by atoms with van der Waals surface area (Å²) in [5.74, 6) is 0.302. The molecule has 2 N–H and O–H groups in total. The Morgan fingerprint density at radius 1 is 1.62 bits per heavy atom. The number of thiophene rings is 1. The summed E-state index contributed by atoms with van der Waals surface area (Å²) >= 11 is 1.67. The molecule has 1 aromatic rings. The number of aliphatic hydroxyl groups excluding tert-OH is 1. The molecule has 0 radical (unpaired) electrons. The molecular weight excluding hydrogens is 288 g/mol. The van der Waals surface area contributed by atoms with Crippen molar-refractivity contribution in [3.63, 3.8) is 0 Å². The SMILES string of the molecule is C[C@H](O)C[C@@H]1COCCN1C(=O)NC[C@H](C)c1ccsc1. The number of rotatable bonds is 5. The first-order valence-corrected chi connectivity index (χ1v) is 8.34. The van der Waals surface area contributed by atoms with E-state index in [4.69, 9.17) is 4.74 Å². The van der Waals surface area contributed by atoms with Crippen molar-refractivity contribution < 1.29 is 14.6 Å². The normalized spacial score (nSPS) is 21.9. The van der Waals surface area contributed by atoms with E-state index in [0.29, 0.717) is 38.6 Å². The molecule has 0 bridgehead atoms. The predicted molar refractivity (Wildman–Crippen MR) is 83.7 cm³/mol. The summed E-state index contributed by atoms with van der Waals surface area (Å²) < 4.78 is 5.42. The van der Waals surface area contributed by atoms with Gasteiger partial charge in [0, 0.05) is 13.1 Å². The minimum absolute atomic E-state index is 0.0461. The Labute approximate surface area is 129 Å². The van der Waals surface area contributed by atoms with Gasteiger partial charge < -0.3 is 20.1 Å². The molecule has 1 aromatic heterocycles. The lowest BCUT2D eigenvalue weighted by molar-refractivity contribution is -0.00432. The lowest BCUT2D eigenvalue weighted by Gasteiger charge is -2.36. The van der Waals surface area contributed by atoms with Crippen LogP contribution >= 0.6 is 11.3 Å². The number of aliphatic hydroxyl groups is 1. The first-order chi connectivity index (χ1) is 10.1. The molecule has 1 saturated heterocycles. The van der Waals surface area contributed by atoms with Crippen molar-refractivity contribution in [1.82, 2.24) is 10.2 Å². The van der Waals surface area contributed by atoms with Gasteiger partial charge in [0.05, 0.1) is 25.4 Å². The monoisotopic (exact) mass is 312 g/mol. The summed E-state index contributed by atoms with van der Waals surface area (Å²) in [7, 11) is 0. The Hall–Kier alpha value is -1.11. The number of amides is 2.